The van der Waals surface area contributed by atoms with Crippen LogP contribution in [-0.2, 0) is 32.1 Å². The number of benzene rings is 2. The molecule has 1 unspecified atom stereocenters. The number of hydroxylamine groups is 2. The van der Waals surface area contributed by atoms with Gasteiger partial charge in [-0.1, -0.05) is 80.9 Å². The van der Waals surface area contributed by atoms with Crippen molar-refractivity contribution >= 4 is 52.5 Å². The van der Waals surface area contributed by atoms with Crippen LogP contribution >= 0.6 is 23.1 Å². The Labute approximate surface area is 291 Å². The third kappa shape index (κ3) is 12.6. The number of thiazole rings is 1. The number of carbonyl (C=O) groups is 4. The molecule has 3 aromatic rings. The number of hydrogen-bond donors (Lipinski definition) is 4. The van der Waals surface area contributed by atoms with Gasteiger partial charge in [-0.2, -0.15) is 11.8 Å². The molecule has 0 radical (unpaired) electrons. The van der Waals surface area contributed by atoms with Gasteiger partial charge in [0.2, 0.25) is 18.2 Å². The number of alkyl carbamates (subject to hydrolysis) is 1. The molecule has 0 saturated carbocycles. The second-order valence-corrected chi connectivity index (χ2v) is 14.8. The summed E-state index contributed by atoms with van der Waals surface area (Å²) in [6, 6.07) is 17.5. The van der Waals surface area contributed by atoms with Crippen molar-refractivity contribution in [3.05, 3.63) is 83.4 Å². The minimum Gasteiger partial charge on any atom is -0.445 e. The molecule has 0 spiro atoms. The Hall–Kier alpha value is -3.94. The summed E-state index contributed by atoms with van der Waals surface area (Å²) in [6.45, 7) is 8.06. The van der Waals surface area contributed by atoms with Crippen LogP contribution in [0.2, 0.25) is 0 Å². The lowest BCUT2D eigenvalue weighted by Crippen LogP contribution is -2.58. The molecular weight excluding hydrogens is 651 g/mol. The Morgan fingerprint density at radius 2 is 1.73 bits per heavy atom. The van der Waals surface area contributed by atoms with Crippen molar-refractivity contribution in [1.82, 2.24) is 20.7 Å². The van der Waals surface area contributed by atoms with Crippen LogP contribution in [0.4, 0.5) is 9.93 Å². The van der Waals surface area contributed by atoms with Gasteiger partial charge in [-0.15, -0.1) is 11.3 Å². The van der Waals surface area contributed by atoms with Gasteiger partial charge in [0.15, 0.2) is 5.13 Å². The lowest BCUT2D eigenvalue weighted by Gasteiger charge is -2.36. The Morgan fingerprint density at radius 3 is 2.33 bits per heavy atom. The molecule has 0 aliphatic heterocycles. The van der Waals surface area contributed by atoms with Crippen molar-refractivity contribution < 1.29 is 29.1 Å². The number of amides is 4. The maximum absolute atomic E-state index is 14.2. The van der Waals surface area contributed by atoms with E-state index in [0.717, 1.165) is 11.1 Å². The molecule has 2 aromatic carbocycles. The fraction of sp³-hybridized carbons (Fsp3) is 0.457. The number of nitrogens with zero attached hydrogens (tertiary/aromatic N) is 2. The van der Waals surface area contributed by atoms with Gasteiger partial charge in [0.05, 0.1) is 12.0 Å². The van der Waals surface area contributed by atoms with E-state index < -0.39 is 40.7 Å². The molecule has 11 nitrogen and oxygen atoms in total. The van der Waals surface area contributed by atoms with Crippen LogP contribution in [-0.4, -0.2) is 68.7 Å². The average molecular weight is 698 g/mol. The first-order chi connectivity index (χ1) is 23.0. The van der Waals surface area contributed by atoms with Crippen molar-refractivity contribution in [2.75, 3.05) is 17.6 Å². The summed E-state index contributed by atoms with van der Waals surface area (Å²) >= 11 is 2.66. The number of thioether (sulfide) groups is 1. The van der Waals surface area contributed by atoms with Gasteiger partial charge < -0.3 is 20.7 Å². The second-order valence-electron chi connectivity index (χ2n) is 12.2. The normalized spacial score (nSPS) is 13.8. The molecule has 13 heteroatoms. The maximum Gasteiger partial charge on any atom is 0.407 e. The minimum absolute atomic E-state index is 0.0280. The molecule has 1 heterocycles. The summed E-state index contributed by atoms with van der Waals surface area (Å²) in [6.07, 6.45) is 3.44. The van der Waals surface area contributed by atoms with Crippen LogP contribution in [0.5, 0.6) is 0 Å². The fourth-order valence-electron chi connectivity index (χ4n) is 5.46. The number of rotatable bonds is 20. The highest BCUT2D eigenvalue weighted by molar-refractivity contribution is 8.00. The minimum atomic E-state index is -1.03. The molecule has 4 N–H and O–H groups in total. The van der Waals surface area contributed by atoms with Gasteiger partial charge in [0.1, 0.15) is 12.6 Å². The third-order valence-electron chi connectivity index (χ3n) is 7.88. The predicted octanol–water partition coefficient (Wildman–Crippen LogP) is 5.91. The van der Waals surface area contributed by atoms with E-state index in [0.29, 0.717) is 48.0 Å². The van der Waals surface area contributed by atoms with Crippen LogP contribution in [0.25, 0.3) is 0 Å². The highest BCUT2D eigenvalue weighted by atomic mass is 32.2. The molecule has 0 aliphatic rings. The van der Waals surface area contributed by atoms with E-state index in [1.807, 2.05) is 88.4 Å². The quantitative estimate of drug-likeness (QED) is 0.0493. The molecule has 4 atom stereocenters. The van der Waals surface area contributed by atoms with Crippen LogP contribution in [0.1, 0.15) is 58.1 Å². The Kier molecular flexibility index (Phi) is 15.9. The zero-order valence-electron chi connectivity index (χ0n) is 28.0. The van der Waals surface area contributed by atoms with Crippen LogP contribution < -0.4 is 16.0 Å². The molecular formula is C35H47N5O6S2. The molecule has 0 bridgehead atoms. The monoisotopic (exact) mass is 697 g/mol. The highest BCUT2D eigenvalue weighted by Gasteiger charge is 2.41. The smallest absolute Gasteiger partial charge is 0.407 e. The van der Waals surface area contributed by atoms with E-state index in [9.17, 15) is 24.4 Å². The van der Waals surface area contributed by atoms with Gasteiger partial charge in [-0.3, -0.25) is 19.6 Å². The Morgan fingerprint density at radius 1 is 1.06 bits per heavy atom. The largest absolute Gasteiger partial charge is 0.445 e. The van der Waals surface area contributed by atoms with Crippen LogP contribution in [0.15, 0.2) is 72.2 Å². The first-order valence-electron chi connectivity index (χ1n) is 16.1. The maximum atomic E-state index is 14.2. The lowest BCUT2D eigenvalue weighted by molar-refractivity contribution is -0.169. The van der Waals surface area contributed by atoms with Gasteiger partial charge in [0.25, 0.3) is 0 Å². The number of hydrogen-bond acceptors (Lipinski definition) is 9. The Bertz CT molecular complexity index is 1410. The summed E-state index contributed by atoms with van der Waals surface area (Å²) in [4.78, 5) is 56.1. The van der Waals surface area contributed by atoms with E-state index >= 15 is 0 Å². The van der Waals surface area contributed by atoms with Gasteiger partial charge >= 0.3 is 6.09 Å². The molecule has 4 amide bonds. The summed E-state index contributed by atoms with van der Waals surface area (Å²) in [5.41, 5.74) is 1.99. The third-order valence-corrected chi connectivity index (χ3v) is 9.96. The zero-order chi connectivity index (χ0) is 34.9. The van der Waals surface area contributed by atoms with Crippen molar-refractivity contribution in [2.45, 2.75) is 76.8 Å². The fourth-order valence-corrected chi connectivity index (χ4v) is 7.05. The first-order valence-corrected chi connectivity index (χ1v) is 18.0. The van der Waals surface area contributed by atoms with Crippen LogP contribution in [0.3, 0.4) is 0 Å². The van der Waals surface area contributed by atoms with Crippen molar-refractivity contribution in [3.63, 3.8) is 0 Å². The summed E-state index contributed by atoms with van der Waals surface area (Å²) in [7, 11) is 0. The highest BCUT2D eigenvalue weighted by Crippen LogP contribution is 2.31. The molecule has 0 saturated heterocycles. The Balaban J connectivity index is 1.75. The topological polar surface area (TPSA) is 150 Å². The molecule has 0 aliphatic carbocycles. The number of anilines is 1. The van der Waals surface area contributed by atoms with Crippen molar-refractivity contribution in [3.8, 4) is 0 Å². The zero-order valence-corrected chi connectivity index (χ0v) is 29.6. The average Bonchev–Trinajstić information content (AvgIpc) is 3.59. The van der Waals surface area contributed by atoms with Crippen molar-refractivity contribution in [2.24, 2.45) is 11.8 Å². The van der Waals surface area contributed by atoms with E-state index in [1.165, 1.54) is 23.1 Å². The summed E-state index contributed by atoms with van der Waals surface area (Å²) in [5, 5.41) is 21.8. The number of aromatic nitrogens is 1. The molecule has 48 heavy (non-hydrogen) atoms. The molecule has 1 aromatic heterocycles. The summed E-state index contributed by atoms with van der Waals surface area (Å²) < 4.78 is 4.44. The van der Waals surface area contributed by atoms with Gasteiger partial charge in [-0.25, -0.2) is 14.8 Å². The van der Waals surface area contributed by atoms with Gasteiger partial charge in [0, 0.05) is 28.6 Å². The predicted molar refractivity (Wildman–Crippen MR) is 190 cm³/mol. The lowest BCUT2D eigenvalue weighted by atomic mass is 9.83. The van der Waals surface area contributed by atoms with Crippen LogP contribution in [0, 0.1) is 11.8 Å². The van der Waals surface area contributed by atoms with E-state index in [2.05, 4.69) is 20.9 Å². The van der Waals surface area contributed by atoms with E-state index in [4.69, 9.17) is 4.74 Å². The molecule has 3 rings (SSSR count). The number of ether oxygens (including phenoxy) is 1. The standard InChI is InChI=1S/C35H47N5O6S2/c1-5-12-29(40(45)24-41)28(22-25(2)21-26-13-8-6-9-14-26)31(42)38-30(32(43)39-33-36-17-19-47-33)35(3,4)48-20-18-37-34(44)46-23-27-15-10-7-11-16-27/h6-11,13-17,19,24-25,28-30,45H,5,12,18,20-23H2,1-4H3,(H,37,44)(H,38,42)(H,36,39,43)/t25?,28-,29+,30-/m1/s1. The first kappa shape index (κ1) is 38.5. The molecule has 0 fully saturated rings. The second kappa shape index (κ2) is 19.8. The summed E-state index contributed by atoms with van der Waals surface area (Å²) in [5.74, 6) is -1.23. The van der Waals surface area contributed by atoms with Gasteiger partial charge in [-0.05, 0) is 50.2 Å². The number of nitrogens with one attached hydrogen (secondary N) is 3. The molecule has 260 valence electrons. The SMILES string of the molecule is CCC[C@@H]([C@@H](CC(C)Cc1ccccc1)C(=O)N[C@H](C(=O)Nc1nccs1)C(C)(C)SCCNC(=O)OCc1ccccc1)N(O)C=O. The van der Waals surface area contributed by atoms with E-state index in [-0.39, 0.29) is 19.1 Å². The van der Waals surface area contributed by atoms with E-state index in [1.54, 1.807) is 11.6 Å². The number of carbonyl (C=O) groups excluding carboxylic acids is 4. The van der Waals surface area contributed by atoms with Crippen molar-refractivity contribution in [1.29, 1.82) is 0 Å².